The molecule has 1 fully saturated rings. The molecule has 1 heterocycles. The fourth-order valence-electron chi connectivity index (χ4n) is 2.04. The van der Waals surface area contributed by atoms with E-state index in [9.17, 15) is 4.79 Å². The molecule has 17 heavy (non-hydrogen) atoms. The van der Waals surface area contributed by atoms with E-state index in [4.69, 9.17) is 10.5 Å². The van der Waals surface area contributed by atoms with Crippen LogP contribution in [0, 0.1) is 0 Å². The Hall–Kier alpha value is -1.55. The Kier molecular flexibility index (Phi) is 3.98. The first kappa shape index (κ1) is 11.9. The maximum atomic E-state index is 11.4. The Labute approximate surface area is 101 Å². The molecule has 1 aromatic carbocycles. The van der Waals surface area contributed by atoms with Crippen LogP contribution in [0.1, 0.15) is 12.8 Å². The van der Waals surface area contributed by atoms with Gasteiger partial charge in [0.1, 0.15) is 11.9 Å². The molecule has 1 aromatic rings. The maximum absolute atomic E-state index is 11.4. The molecule has 2 N–H and O–H groups in total. The lowest BCUT2D eigenvalue weighted by Gasteiger charge is -2.32. The number of carbonyl (C=O) groups excluding carboxylic acids is 1. The number of nitrogens with zero attached hydrogens (tertiary/aromatic N) is 1. The van der Waals surface area contributed by atoms with Crippen molar-refractivity contribution < 1.29 is 9.53 Å². The Morgan fingerprint density at radius 1 is 1.29 bits per heavy atom. The van der Waals surface area contributed by atoms with E-state index in [1.807, 2.05) is 35.2 Å². The van der Waals surface area contributed by atoms with Gasteiger partial charge >= 0.3 is 0 Å². The minimum absolute atomic E-state index is 0.0307. The smallest absolute Gasteiger partial charge is 0.236 e. The second-order valence-electron chi connectivity index (χ2n) is 4.22. The molecule has 92 valence electrons. The Morgan fingerprint density at radius 3 is 2.53 bits per heavy atom. The summed E-state index contributed by atoms with van der Waals surface area (Å²) < 4.78 is 5.85. The summed E-state index contributed by atoms with van der Waals surface area (Å²) >= 11 is 0. The predicted molar refractivity (Wildman–Crippen MR) is 65.7 cm³/mol. The van der Waals surface area contributed by atoms with Crippen LogP contribution in [-0.2, 0) is 4.79 Å². The van der Waals surface area contributed by atoms with Crippen molar-refractivity contribution in [2.24, 2.45) is 5.73 Å². The molecule has 2 rings (SSSR count). The number of hydrogen-bond donors (Lipinski definition) is 1. The Balaban J connectivity index is 1.82. The molecule has 0 atom stereocenters. The van der Waals surface area contributed by atoms with Crippen LogP contribution < -0.4 is 10.5 Å². The normalized spacial score (nSPS) is 16.9. The van der Waals surface area contributed by atoms with Gasteiger partial charge in [0.25, 0.3) is 0 Å². The fourth-order valence-corrected chi connectivity index (χ4v) is 2.04. The summed E-state index contributed by atoms with van der Waals surface area (Å²) in [6, 6.07) is 9.80. The van der Waals surface area contributed by atoms with Gasteiger partial charge in [-0.15, -0.1) is 0 Å². The van der Waals surface area contributed by atoms with E-state index >= 15 is 0 Å². The van der Waals surface area contributed by atoms with E-state index in [1.54, 1.807) is 0 Å². The van der Waals surface area contributed by atoms with Gasteiger partial charge in [-0.3, -0.25) is 4.79 Å². The standard InChI is InChI=1S/C13H18N2O2/c14-10-13(16)15-8-6-12(7-9-15)17-11-4-2-1-3-5-11/h1-5,12H,6-10,14H2. The highest BCUT2D eigenvalue weighted by molar-refractivity contribution is 5.78. The monoisotopic (exact) mass is 234 g/mol. The summed E-state index contributed by atoms with van der Waals surface area (Å²) in [6.07, 6.45) is 1.96. The first-order chi connectivity index (χ1) is 8.29. The highest BCUT2D eigenvalue weighted by Crippen LogP contribution is 2.18. The van der Waals surface area contributed by atoms with Crippen LogP contribution in [-0.4, -0.2) is 36.5 Å². The van der Waals surface area contributed by atoms with Crippen molar-refractivity contribution in [3.05, 3.63) is 30.3 Å². The lowest BCUT2D eigenvalue weighted by molar-refractivity contribution is -0.131. The van der Waals surface area contributed by atoms with E-state index in [0.717, 1.165) is 31.7 Å². The van der Waals surface area contributed by atoms with Gasteiger partial charge in [-0.1, -0.05) is 18.2 Å². The number of para-hydroxylation sites is 1. The topological polar surface area (TPSA) is 55.6 Å². The van der Waals surface area contributed by atoms with Gasteiger partial charge in [0.05, 0.1) is 6.54 Å². The van der Waals surface area contributed by atoms with Gasteiger partial charge in [-0.2, -0.15) is 0 Å². The molecular weight excluding hydrogens is 216 g/mol. The fraction of sp³-hybridized carbons (Fsp3) is 0.462. The van der Waals surface area contributed by atoms with E-state index in [2.05, 4.69) is 0 Å². The second kappa shape index (κ2) is 5.68. The van der Waals surface area contributed by atoms with Crippen LogP contribution in [0.15, 0.2) is 30.3 Å². The molecule has 1 aliphatic rings. The number of ether oxygens (including phenoxy) is 1. The molecule has 1 amide bonds. The average Bonchev–Trinajstić information content (AvgIpc) is 2.40. The summed E-state index contributed by atoms with van der Waals surface area (Å²) in [5.74, 6) is 0.930. The van der Waals surface area contributed by atoms with Crippen molar-refractivity contribution >= 4 is 5.91 Å². The van der Waals surface area contributed by atoms with Crippen molar-refractivity contribution in [1.82, 2.24) is 4.90 Å². The third kappa shape index (κ3) is 3.20. The lowest BCUT2D eigenvalue weighted by Crippen LogP contribution is -2.44. The molecule has 0 aromatic heterocycles. The van der Waals surface area contributed by atoms with E-state index in [1.165, 1.54) is 0 Å². The van der Waals surface area contributed by atoms with Crippen LogP contribution in [0.4, 0.5) is 0 Å². The number of rotatable bonds is 3. The molecule has 0 unspecified atom stereocenters. The number of amides is 1. The largest absolute Gasteiger partial charge is 0.490 e. The third-order valence-corrected chi connectivity index (χ3v) is 3.02. The maximum Gasteiger partial charge on any atom is 0.236 e. The number of piperidine rings is 1. The molecule has 0 saturated carbocycles. The van der Waals surface area contributed by atoms with E-state index in [-0.39, 0.29) is 18.6 Å². The molecule has 0 aliphatic carbocycles. The van der Waals surface area contributed by atoms with Gasteiger partial charge < -0.3 is 15.4 Å². The first-order valence-corrected chi connectivity index (χ1v) is 5.99. The van der Waals surface area contributed by atoms with Gasteiger partial charge in [0.2, 0.25) is 5.91 Å². The highest BCUT2D eigenvalue weighted by atomic mass is 16.5. The summed E-state index contributed by atoms with van der Waals surface area (Å²) in [5, 5.41) is 0. The summed E-state index contributed by atoms with van der Waals surface area (Å²) in [7, 11) is 0. The minimum atomic E-state index is 0.0307. The van der Waals surface area contributed by atoms with Crippen molar-refractivity contribution in [3.63, 3.8) is 0 Å². The van der Waals surface area contributed by atoms with Crippen LogP contribution >= 0.6 is 0 Å². The highest BCUT2D eigenvalue weighted by Gasteiger charge is 2.22. The molecule has 0 spiro atoms. The van der Waals surface area contributed by atoms with Crippen molar-refractivity contribution in [1.29, 1.82) is 0 Å². The van der Waals surface area contributed by atoms with Gasteiger partial charge in [0.15, 0.2) is 0 Å². The van der Waals surface area contributed by atoms with Gasteiger partial charge in [-0.05, 0) is 12.1 Å². The number of nitrogens with two attached hydrogens (primary N) is 1. The summed E-state index contributed by atoms with van der Waals surface area (Å²) in [4.78, 5) is 13.2. The number of likely N-dealkylation sites (tertiary alicyclic amines) is 1. The summed E-state index contributed by atoms with van der Waals surface area (Å²) in [6.45, 7) is 1.59. The molecule has 0 radical (unpaired) electrons. The molecular formula is C13H18N2O2. The first-order valence-electron chi connectivity index (χ1n) is 5.99. The predicted octanol–water partition coefficient (Wildman–Crippen LogP) is 1.02. The third-order valence-electron chi connectivity index (χ3n) is 3.02. The lowest BCUT2D eigenvalue weighted by atomic mass is 10.1. The van der Waals surface area contributed by atoms with Crippen molar-refractivity contribution in [2.45, 2.75) is 18.9 Å². The zero-order valence-electron chi connectivity index (χ0n) is 9.84. The summed E-state index contributed by atoms with van der Waals surface area (Å²) in [5.41, 5.74) is 5.34. The van der Waals surface area contributed by atoms with Gasteiger partial charge in [0, 0.05) is 25.9 Å². The zero-order valence-corrected chi connectivity index (χ0v) is 9.84. The van der Waals surface area contributed by atoms with Gasteiger partial charge in [-0.25, -0.2) is 0 Å². The molecule has 1 saturated heterocycles. The Bertz CT molecular complexity index is 359. The number of carbonyl (C=O) groups is 1. The second-order valence-corrected chi connectivity index (χ2v) is 4.22. The minimum Gasteiger partial charge on any atom is -0.490 e. The molecule has 4 nitrogen and oxygen atoms in total. The SMILES string of the molecule is NCC(=O)N1CCC(Oc2ccccc2)CC1. The van der Waals surface area contributed by atoms with Crippen LogP contribution in [0.25, 0.3) is 0 Å². The molecule has 1 aliphatic heterocycles. The number of benzene rings is 1. The van der Waals surface area contributed by atoms with Crippen LogP contribution in [0.5, 0.6) is 5.75 Å². The average molecular weight is 234 g/mol. The van der Waals surface area contributed by atoms with Crippen LogP contribution in [0.3, 0.4) is 0 Å². The number of hydrogen-bond acceptors (Lipinski definition) is 3. The van der Waals surface area contributed by atoms with Crippen molar-refractivity contribution in [2.75, 3.05) is 19.6 Å². The van der Waals surface area contributed by atoms with Crippen LogP contribution in [0.2, 0.25) is 0 Å². The zero-order chi connectivity index (χ0) is 12.1. The van der Waals surface area contributed by atoms with E-state index < -0.39 is 0 Å². The quantitative estimate of drug-likeness (QED) is 0.849. The Morgan fingerprint density at radius 2 is 1.94 bits per heavy atom. The van der Waals surface area contributed by atoms with Crippen molar-refractivity contribution in [3.8, 4) is 5.75 Å². The molecule has 0 bridgehead atoms. The molecule has 4 heteroatoms. The van der Waals surface area contributed by atoms with E-state index in [0.29, 0.717) is 0 Å².